The standard InChI is InChI=1S/C33H31ClF4N6O3S/c1-15-10-33(6-2-7-43(33)12-15)14-46-32-41-26-23-27(45-13-16-9-17(47-31(37)38)5-8-44(16)30(23)42-32)24(34)22(25(26)36)18-3-4-20(35)28-21(18)19(11-39)29(40)48-28/h3-4,15-17,31H,2,5-10,12-14,40H2,1H3/t15-,16?,17?,33?/m1/s1. The zero-order chi connectivity index (χ0) is 33.5. The lowest BCUT2D eigenvalue weighted by atomic mass is 9.92. The molecule has 3 fully saturated rings. The van der Waals surface area contributed by atoms with Crippen LogP contribution in [-0.4, -0.2) is 72.0 Å². The third-order valence-electron chi connectivity index (χ3n) is 10.3. The van der Waals surface area contributed by atoms with Crippen molar-refractivity contribution in [3.05, 3.63) is 34.4 Å². The summed E-state index contributed by atoms with van der Waals surface area (Å²) in [7, 11) is 0. The topological polar surface area (TPSA) is 110 Å². The van der Waals surface area contributed by atoms with E-state index in [1.165, 1.54) is 12.1 Å². The molecule has 48 heavy (non-hydrogen) atoms. The summed E-state index contributed by atoms with van der Waals surface area (Å²) in [6.45, 7) is 1.87. The molecule has 8 rings (SSSR count). The first-order chi connectivity index (χ1) is 23.1. The first-order valence-electron chi connectivity index (χ1n) is 15.9. The van der Waals surface area contributed by atoms with Gasteiger partial charge in [-0.05, 0) is 56.2 Å². The van der Waals surface area contributed by atoms with Gasteiger partial charge in [-0.15, -0.1) is 11.3 Å². The van der Waals surface area contributed by atoms with Gasteiger partial charge in [0.2, 0.25) is 0 Å². The molecule has 9 nitrogen and oxygen atoms in total. The number of ether oxygens (including phenoxy) is 3. The summed E-state index contributed by atoms with van der Waals surface area (Å²) >= 11 is 7.89. The van der Waals surface area contributed by atoms with Gasteiger partial charge in [0.25, 0.3) is 0 Å². The quantitative estimate of drug-likeness (QED) is 0.210. The predicted molar refractivity (Wildman–Crippen MR) is 174 cm³/mol. The summed E-state index contributed by atoms with van der Waals surface area (Å²) in [4.78, 5) is 13.7. The van der Waals surface area contributed by atoms with E-state index in [9.17, 15) is 18.4 Å². The SMILES string of the molecule is C[C@H]1CN2CCCC2(COc2nc3c4c(c(Cl)c(-c5ccc(F)c6sc(N)c(C#N)c56)c(F)c4n2)OCC2CC(OC(F)F)CCN32)C1. The Balaban J connectivity index is 1.31. The van der Waals surface area contributed by atoms with Gasteiger partial charge < -0.3 is 24.8 Å². The molecule has 0 radical (unpaired) electrons. The third kappa shape index (κ3) is 4.92. The Labute approximate surface area is 282 Å². The van der Waals surface area contributed by atoms with Crippen LogP contribution in [0.25, 0.3) is 32.1 Å². The molecule has 2 aromatic carbocycles. The largest absolute Gasteiger partial charge is 0.489 e. The average molecular weight is 703 g/mol. The lowest BCUT2D eigenvalue weighted by molar-refractivity contribution is -0.169. The molecule has 252 valence electrons. The number of halogens is 5. The van der Waals surface area contributed by atoms with E-state index in [-0.39, 0.29) is 91.0 Å². The highest BCUT2D eigenvalue weighted by molar-refractivity contribution is 7.23. The minimum atomic E-state index is -2.92. The van der Waals surface area contributed by atoms with Crippen molar-refractivity contribution in [2.45, 2.75) is 63.3 Å². The molecule has 0 aliphatic carbocycles. The number of fused-ring (bicyclic) bond motifs is 4. The smallest absolute Gasteiger partial charge is 0.345 e. The molecule has 4 aliphatic heterocycles. The number of hydrogen-bond donors (Lipinski definition) is 1. The minimum Gasteiger partial charge on any atom is -0.489 e. The number of piperidine rings is 1. The Bertz CT molecular complexity index is 2010. The number of rotatable bonds is 6. The van der Waals surface area contributed by atoms with E-state index < -0.39 is 30.4 Å². The normalized spacial score (nSPS) is 25.3. The second kappa shape index (κ2) is 11.8. The molecule has 0 bridgehead atoms. The first-order valence-corrected chi connectivity index (χ1v) is 17.1. The van der Waals surface area contributed by atoms with Crippen molar-refractivity contribution >= 4 is 54.7 Å². The number of benzene rings is 2. The average Bonchev–Trinajstić information content (AvgIpc) is 3.66. The number of hydrogen-bond acceptors (Lipinski definition) is 10. The molecule has 4 aliphatic rings. The van der Waals surface area contributed by atoms with Gasteiger partial charge in [-0.3, -0.25) is 4.90 Å². The highest BCUT2D eigenvalue weighted by atomic mass is 35.5. The Kier molecular flexibility index (Phi) is 7.74. The molecule has 3 unspecified atom stereocenters. The summed E-state index contributed by atoms with van der Waals surface area (Å²) in [5.74, 6) is -0.528. The molecule has 15 heteroatoms. The van der Waals surface area contributed by atoms with Gasteiger partial charge in [0, 0.05) is 24.0 Å². The Morgan fingerprint density at radius 3 is 2.88 bits per heavy atom. The molecule has 2 aromatic heterocycles. The maximum absolute atomic E-state index is 17.1. The second-order valence-electron chi connectivity index (χ2n) is 13.2. The van der Waals surface area contributed by atoms with Crippen LogP contribution in [0.4, 0.5) is 28.4 Å². The highest BCUT2D eigenvalue weighted by Crippen LogP contribution is 2.52. The van der Waals surface area contributed by atoms with Crippen molar-refractivity contribution in [1.82, 2.24) is 14.9 Å². The Hall–Kier alpha value is -3.64. The van der Waals surface area contributed by atoms with Gasteiger partial charge in [0.15, 0.2) is 11.6 Å². The van der Waals surface area contributed by atoms with E-state index in [1.807, 2.05) is 11.0 Å². The second-order valence-corrected chi connectivity index (χ2v) is 14.6. The molecule has 4 aromatic rings. The van der Waals surface area contributed by atoms with Gasteiger partial charge in [0.05, 0.1) is 38.4 Å². The van der Waals surface area contributed by atoms with Crippen LogP contribution in [0, 0.1) is 28.9 Å². The van der Waals surface area contributed by atoms with E-state index in [2.05, 4.69) is 16.8 Å². The van der Waals surface area contributed by atoms with Crippen LogP contribution in [0.2, 0.25) is 5.02 Å². The van der Waals surface area contributed by atoms with Gasteiger partial charge in [0.1, 0.15) is 41.4 Å². The number of nitriles is 1. The van der Waals surface area contributed by atoms with Crippen molar-refractivity contribution in [2.75, 3.05) is 43.5 Å². The molecule has 0 amide bonds. The molecule has 6 heterocycles. The predicted octanol–water partition coefficient (Wildman–Crippen LogP) is 7.12. The molecular weight excluding hydrogens is 672 g/mol. The maximum atomic E-state index is 17.1. The molecule has 4 atom stereocenters. The van der Waals surface area contributed by atoms with Crippen molar-refractivity contribution in [1.29, 1.82) is 5.26 Å². The fourth-order valence-electron chi connectivity index (χ4n) is 8.31. The third-order valence-corrected chi connectivity index (χ3v) is 11.7. The number of nitrogens with zero attached hydrogens (tertiary/aromatic N) is 5. The zero-order valence-corrected chi connectivity index (χ0v) is 27.4. The minimum absolute atomic E-state index is 0.00705. The number of alkyl halides is 2. The van der Waals surface area contributed by atoms with Crippen LogP contribution >= 0.6 is 22.9 Å². The molecule has 0 spiro atoms. The summed E-state index contributed by atoms with van der Waals surface area (Å²) < 4.78 is 76.0. The van der Waals surface area contributed by atoms with Gasteiger partial charge in [-0.2, -0.15) is 24.0 Å². The van der Waals surface area contributed by atoms with E-state index in [0.29, 0.717) is 18.3 Å². The Morgan fingerprint density at radius 1 is 1.25 bits per heavy atom. The molecule has 3 saturated heterocycles. The first kappa shape index (κ1) is 31.6. The monoisotopic (exact) mass is 702 g/mol. The van der Waals surface area contributed by atoms with Crippen molar-refractivity contribution < 1.29 is 31.8 Å². The van der Waals surface area contributed by atoms with E-state index >= 15 is 4.39 Å². The van der Waals surface area contributed by atoms with Crippen LogP contribution in [0.3, 0.4) is 0 Å². The van der Waals surface area contributed by atoms with Crippen LogP contribution in [0.1, 0.15) is 44.6 Å². The Morgan fingerprint density at radius 2 is 2.08 bits per heavy atom. The molecular formula is C33H31ClF4N6O3S. The number of aromatic nitrogens is 2. The van der Waals surface area contributed by atoms with Crippen LogP contribution < -0.4 is 20.1 Å². The van der Waals surface area contributed by atoms with Gasteiger partial charge >= 0.3 is 12.6 Å². The number of nitrogens with two attached hydrogens (primary N) is 1. The zero-order valence-electron chi connectivity index (χ0n) is 25.9. The number of thiophene rings is 1. The van der Waals surface area contributed by atoms with Gasteiger partial charge in [-0.1, -0.05) is 24.6 Å². The van der Waals surface area contributed by atoms with E-state index in [1.54, 1.807) is 0 Å². The fraction of sp³-hybridized carbons (Fsp3) is 0.485. The van der Waals surface area contributed by atoms with Crippen molar-refractivity contribution in [3.63, 3.8) is 0 Å². The van der Waals surface area contributed by atoms with Crippen LogP contribution in [0.5, 0.6) is 11.8 Å². The van der Waals surface area contributed by atoms with Crippen LogP contribution in [0.15, 0.2) is 12.1 Å². The molecule has 2 N–H and O–H groups in total. The van der Waals surface area contributed by atoms with E-state index in [0.717, 1.165) is 43.7 Å². The lowest BCUT2D eigenvalue weighted by Crippen LogP contribution is -2.48. The lowest BCUT2D eigenvalue weighted by Gasteiger charge is -2.38. The highest BCUT2D eigenvalue weighted by Gasteiger charge is 2.48. The number of anilines is 2. The van der Waals surface area contributed by atoms with Crippen LogP contribution in [-0.2, 0) is 4.74 Å². The molecule has 0 saturated carbocycles. The fourth-order valence-corrected chi connectivity index (χ4v) is 9.59. The van der Waals surface area contributed by atoms with E-state index in [4.69, 9.17) is 36.5 Å². The summed E-state index contributed by atoms with van der Waals surface area (Å²) in [5, 5.41) is 10.2. The maximum Gasteiger partial charge on any atom is 0.345 e. The number of nitrogen functional groups attached to an aromatic ring is 1. The van der Waals surface area contributed by atoms with Gasteiger partial charge in [-0.25, -0.2) is 8.78 Å². The summed E-state index contributed by atoms with van der Waals surface area (Å²) in [6.07, 6.45) is 2.76. The van der Waals surface area contributed by atoms with Crippen molar-refractivity contribution in [2.24, 2.45) is 5.92 Å². The summed E-state index contributed by atoms with van der Waals surface area (Å²) in [5.41, 5.74) is 5.81. The summed E-state index contributed by atoms with van der Waals surface area (Å²) in [6, 6.07) is 4.05. The van der Waals surface area contributed by atoms with Crippen molar-refractivity contribution in [3.8, 4) is 29.0 Å².